The molecule has 1 N–H and O–H groups in total. The fourth-order valence-corrected chi connectivity index (χ4v) is 2.66. The number of methoxy groups -OCH3 is 1. The van der Waals surface area contributed by atoms with E-state index in [1.807, 2.05) is 0 Å². The Labute approximate surface area is 163 Å². The standard InChI is InChI=1S/C19H17F3N4O3/c1-29-10-9-25-12-13(3-6-17(25)27)18(28)24-16-5-4-14(26-8-2-7-23-26)11-15(16)19(20,21)22/h2-8,11-12H,9-10H2,1H3,(H,24,28). The van der Waals surface area contributed by atoms with E-state index < -0.39 is 23.3 Å². The number of halogens is 3. The topological polar surface area (TPSA) is 78.2 Å². The smallest absolute Gasteiger partial charge is 0.383 e. The lowest BCUT2D eigenvalue weighted by Crippen LogP contribution is -2.24. The van der Waals surface area contributed by atoms with E-state index in [4.69, 9.17) is 4.74 Å². The molecule has 10 heteroatoms. The number of carbonyl (C=O) groups excluding carboxylic acids is 1. The molecule has 0 saturated heterocycles. The Morgan fingerprint density at radius 1 is 1.24 bits per heavy atom. The lowest BCUT2D eigenvalue weighted by molar-refractivity contribution is -0.136. The largest absolute Gasteiger partial charge is 0.418 e. The Kier molecular flexibility index (Phi) is 5.83. The van der Waals surface area contributed by atoms with Crippen molar-refractivity contribution >= 4 is 11.6 Å². The molecule has 152 valence electrons. The molecule has 0 unspecified atom stereocenters. The van der Waals surface area contributed by atoms with Gasteiger partial charge in [0.1, 0.15) is 0 Å². The number of amides is 1. The summed E-state index contributed by atoms with van der Waals surface area (Å²) in [5.74, 6) is -0.770. The number of ether oxygens (including phenoxy) is 1. The van der Waals surface area contributed by atoms with Crippen molar-refractivity contribution in [3.63, 3.8) is 0 Å². The Hall–Kier alpha value is -3.40. The van der Waals surface area contributed by atoms with E-state index in [1.165, 1.54) is 59.2 Å². The van der Waals surface area contributed by atoms with Crippen LogP contribution in [0, 0.1) is 0 Å². The zero-order chi connectivity index (χ0) is 21.0. The van der Waals surface area contributed by atoms with E-state index in [2.05, 4.69) is 10.4 Å². The summed E-state index contributed by atoms with van der Waals surface area (Å²) in [5.41, 5.74) is -1.50. The molecule has 0 aliphatic carbocycles. The maximum Gasteiger partial charge on any atom is 0.418 e. The van der Waals surface area contributed by atoms with Crippen molar-refractivity contribution < 1.29 is 22.7 Å². The molecule has 1 aromatic carbocycles. The summed E-state index contributed by atoms with van der Waals surface area (Å²) in [5, 5.41) is 6.18. The van der Waals surface area contributed by atoms with E-state index in [0.29, 0.717) is 0 Å². The number of aromatic nitrogens is 3. The highest BCUT2D eigenvalue weighted by Gasteiger charge is 2.34. The van der Waals surface area contributed by atoms with Crippen LogP contribution in [0.25, 0.3) is 5.69 Å². The van der Waals surface area contributed by atoms with Gasteiger partial charge in [-0.1, -0.05) is 0 Å². The fraction of sp³-hybridized carbons (Fsp3) is 0.211. The van der Waals surface area contributed by atoms with Crippen LogP contribution in [-0.4, -0.2) is 34.0 Å². The quantitative estimate of drug-likeness (QED) is 0.683. The Morgan fingerprint density at radius 2 is 2.03 bits per heavy atom. The predicted molar refractivity (Wildman–Crippen MR) is 99.1 cm³/mol. The summed E-state index contributed by atoms with van der Waals surface area (Å²) in [6.45, 7) is 0.459. The maximum atomic E-state index is 13.5. The Balaban J connectivity index is 1.91. The van der Waals surface area contributed by atoms with E-state index >= 15 is 0 Å². The number of rotatable bonds is 6. The number of nitrogens with zero attached hydrogens (tertiary/aromatic N) is 3. The number of nitrogens with one attached hydrogen (secondary N) is 1. The SMILES string of the molecule is COCCn1cc(C(=O)Nc2ccc(-n3cccn3)cc2C(F)(F)F)ccc1=O. The van der Waals surface area contributed by atoms with Crippen molar-refractivity contribution in [1.82, 2.24) is 14.3 Å². The van der Waals surface area contributed by atoms with E-state index in [0.717, 1.165) is 6.07 Å². The number of pyridine rings is 1. The summed E-state index contributed by atoms with van der Waals surface area (Å²) in [7, 11) is 1.47. The molecule has 3 aromatic rings. The van der Waals surface area contributed by atoms with Crippen LogP contribution >= 0.6 is 0 Å². The van der Waals surface area contributed by atoms with Gasteiger partial charge in [0.15, 0.2) is 0 Å². The molecule has 0 atom stereocenters. The van der Waals surface area contributed by atoms with Gasteiger partial charge in [-0.2, -0.15) is 18.3 Å². The van der Waals surface area contributed by atoms with E-state index in [1.54, 1.807) is 6.07 Å². The van der Waals surface area contributed by atoms with E-state index in [-0.39, 0.29) is 30.0 Å². The first-order chi connectivity index (χ1) is 13.8. The number of alkyl halides is 3. The fourth-order valence-electron chi connectivity index (χ4n) is 2.66. The first-order valence-corrected chi connectivity index (χ1v) is 8.51. The van der Waals surface area contributed by atoms with Crippen molar-refractivity contribution in [3.8, 4) is 5.69 Å². The van der Waals surface area contributed by atoms with Gasteiger partial charge < -0.3 is 14.6 Å². The van der Waals surface area contributed by atoms with Gasteiger partial charge in [0, 0.05) is 38.3 Å². The third-order valence-electron chi connectivity index (χ3n) is 4.11. The van der Waals surface area contributed by atoms with Gasteiger partial charge in [0.05, 0.1) is 29.1 Å². The number of hydrogen-bond donors (Lipinski definition) is 1. The second-order valence-corrected chi connectivity index (χ2v) is 6.07. The zero-order valence-corrected chi connectivity index (χ0v) is 15.3. The average molecular weight is 406 g/mol. The molecule has 0 spiro atoms. The lowest BCUT2D eigenvalue weighted by Gasteiger charge is -2.16. The molecule has 0 radical (unpaired) electrons. The molecule has 2 heterocycles. The van der Waals surface area contributed by atoms with Crippen LogP contribution < -0.4 is 10.9 Å². The lowest BCUT2D eigenvalue weighted by atomic mass is 10.1. The normalized spacial score (nSPS) is 11.4. The van der Waals surface area contributed by atoms with Crippen LogP contribution in [0.4, 0.5) is 18.9 Å². The molecule has 2 aromatic heterocycles. The number of anilines is 1. The third-order valence-corrected chi connectivity index (χ3v) is 4.11. The molecular weight excluding hydrogens is 389 g/mol. The first-order valence-electron chi connectivity index (χ1n) is 8.51. The number of benzene rings is 1. The second-order valence-electron chi connectivity index (χ2n) is 6.07. The summed E-state index contributed by atoms with van der Waals surface area (Å²) < 4.78 is 48.1. The van der Waals surface area contributed by atoms with Crippen LogP contribution in [0.15, 0.2) is 59.8 Å². The zero-order valence-electron chi connectivity index (χ0n) is 15.3. The predicted octanol–water partition coefficient (Wildman–Crippen LogP) is 2.95. The van der Waals surface area contributed by atoms with Crippen molar-refractivity contribution in [2.75, 3.05) is 19.0 Å². The van der Waals surface area contributed by atoms with Crippen molar-refractivity contribution in [1.29, 1.82) is 0 Å². The van der Waals surface area contributed by atoms with Crippen molar-refractivity contribution in [2.45, 2.75) is 12.7 Å². The summed E-state index contributed by atoms with van der Waals surface area (Å²) in [6.07, 6.45) is -0.455. The molecule has 0 aliphatic rings. The van der Waals surface area contributed by atoms with Crippen LogP contribution in [-0.2, 0) is 17.5 Å². The first kappa shape index (κ1) is 20.3. The highest BCUT2D eigenvalue weighted by molar-refractivity contribution is 6.04. The molecule has 0 aliphatic heterocycles. The van der Waals surface area contributed by atoms with Gasteiger partial charge in [0.25, 0.3) is 11.5 Å². The van der Waals surface area contributed by atoms with Crippen molar-refractivity contribution in [3.05, 3.63) is 76.5 Å². The van der Waals surface area contributed by atoms with Gasteiger partial charge in [-0.25, -0.2) is 4.68 Å². The minimum atomic E-state index is -4.69. The number of carbonyl (C=O) groups is 1. The van der Waals surface area contributed by atoms with Crippen LogP contribution in [0.1, 0.15) is 15.9 Å². The second kappa shape index (κ2) is 8.31. The highest BCUT2D eigenvalue weighted by atomic mass is 19.4. The van der Waals surface area contributed by atoms with Gasteiger partial charge in [-0.05, 0) is 30.3 Å². The summed E-state index contributed by atoms with van der Waals surface area (Å²) >= 11 is 0. The minimum Gasteiger partial charge on any atom is -0.383 e. The number of hydrogen-bond acceptors (Lipinski definition) is 4. The van der Waals surface area contributed by atoms with Crippen molar-refractivity contribution in [2.24, 2.45) is 0 Å². The van der Waals surface area contributed by atoms with Gasteiger partial charge >= 0.3 is 6.18 Å². The molecule has 3 rings (SSSR count). The van der Waals surface area contributed by atoms with Crippen LogP contribution in [0.2, 0.25) is 0 Å². The highest BCUT2D eigenvalue weighted by Crippen LogP contribution is 2.36. The Morgan fingerprint density at radius 3 is 2.69 bits per heavy atom. The molecule has 0 fully saturated rings. The van der Waals surface area contributed by atoms with Gasteiger partial charge in [-0.3, -0.25) is 9.59 Å². The van der Waals surface area contributed by atoms with E-state index in [9.17, 15) is 22.8 Å². The van der Waals surface area contributed by atoms with Gasteiger partial charge in [0.2, 0.25) is 0 Å². The minimum absolute atomic E-state index is 0.0463. The average Bonchev–Trinajstić information content (AvgIpc) is 3.21. The van der Waals surface area contributed by atoms with Crippen LogP contribution in [0.3, 0.4) is 0 Å². The third kappa shape index (κ3) is 4.72. The monoisotopic (exact) mass is 406 g/mol. The van der Waals surface area contributed by atoms with Gasteiger partial charge in [-0.15, -0.1) is 0 Å². The summed E-state index contributed by atoms with van der Waals surface area (Å²) in [6, 6.07) is 7.50. The molecule has 0 saturated carbocycles. The maximum absolute atomic E-state index is 13.5. The molecular formula is C19H17F3N4O3. The summed E-state index contributed by atoms with van der Waals surface area (Å²) in [4.78, 5) is 24.3. The van der Waals surface area contributed by atoms with Crippen LogP contribution in [0.5, 0.6) is 0 Å². The Bertz CT molecular complexity index is 1060. The molecule has 7 nitrogen and oxygen atoms in total. The molecule has 1 amide bonds. The molecule has 29 heavy (non-hydrogen) atoms. The molecule has 0 bridgehead atoms.